The summed E-state index contributed by atoms with van der Waals surface area (Å²) in [6.45, 7) is 7.17. The Morgan fingerprint density at radius 2 is 1.69 bits per heavy atom. The van der Waals surface area contributed by atoms with Crippen LogP contribution in [0.5, 0.6) is 0 Å². The zero-order chi connectivity index (χ0) is 18.5. The third-order valence-corrected chi connectivity index (χ3v) is 5.37. The standard InChI is InChI=1S/C22H27ClN2O/c1-16(2)18-5-9-21(10-6-18)24-22(26)19-11-13-25(14-12-19)15-17-3-7-20(23)8-4-17/h3-10,16,19H,11-15H2,1-2H3,(H,24,26). The van der Waals surface area contributed by atoms with E-state index in [2.05, 4.69) is 48.3 Å². The van der Waals surface area contributed by atoms with Crippen LogP contribution in [-0.4, -0.2) is 23.9 Å². The minimum absolute atomic E-state index is 0.0984. The Bertz CT molecular complexity index is 717. The maximum atomic E-state index is 12.5. The molecule has 0 spiro atoms. The second kappa shape index (κ2) is 8.70. The van der Waals surface area contributed by atoms with E-state index in [1.165, 1.54) is 11.1 Å². The van der Waals surface area contributed by atoms with Crippen LogP contribution < -0.4 is 5.32 Å². The van der Waals surface area contributed by atoms with Gasteiger partial charge in [0.15, 0.2) is 0 Å². The van der Waals surface area contributed by atoms with Gasteiger partial charge in [0.25, 0.3) is 0 Å². The highest BCUT2D eigenvalue weighted by Gasteiger charge is 2.25. The van der Waals surface area contributed by atoms with Crippen molar-refractivity contribution < 1.29 is 4.79 Å². The maximum Gasteiger partial charge on any atom is 0.227 e. The maximum absolute atomic E-state index is 12.5. The summed E-state index contributed by atoms with van der Waals surface area (Å²) in [4.78, 5) is 15.0. The van der Waals surface area contributed by atoms with E-state index in [1.54, 1.807) is 0 Å². The van der Waals surface area contributed by atoms with Gasteiger partial charge in [-0.05, 0) is 67.2 Å². The van der Waals surface area contributed by atoms with Crippen LogP contribution in [0.25, 0.3) is 0 Å². The molecule has 26 heavy (non-hydrogen) atoms. The highest BCUT2D eigenvalue weighted by Crippen LogP contribution is 2.22. The number of likely N-dealkylation sites (tertiary alicyclic amines) is 1. The Labute approximate surface area is 161 Å². The molecule has 1 fully saturated rings. The molecule has 1 N–H and O–H groups in total. The molecule has 1 saturated heterocycles. The Balaban J connectivity index is 1.47. The van der Waals surface area contributed by atoms with Gasteiger partial charge in [-0.1, -0.05) is 49.7 Å². The van der Waals surface area contributed by atoms with Gasteiger partial charge in [0.1, 0.15) is 0 Å². The average Bonchev–Trinajstić information content (AvgIpc) is 2.64. The summed E-state index contributed by atoms with van der Waals surface area (Å²) in [6.07, 6.45) is 1.81. The van der Waals surface area contributed by atoms with Gasteiger partial charge < -0.3 is 5.32 Å². The number of anilines is 1. The van der Waals surface area contributed by atoms with Gasteiger partial charge in [0.2, 0.25) is 5.91 Å². The lowest BCUT2D eigenvalue weighted by Crippen LogP contribution is -2.37. The van der Waals surface area contributed by atoms with Crippen LogP contribution in [0, 0.1) is 5.92 Å². The first kappa shape index (κ1) is 18.9. The van der Waals surface area contributed by atoms with Crippen molar-refractivity contribution in [1.82, 2.24) is 4.90 Å². The molecule has 0 bridgehead atoms. The summed E-state index contributed by atoms with van der Waals surface area (Å²) < 4.78 is 0. The highest BCUT2D eigenvalue weighted by atomic mass is 35.5. The Morgan fingerprint density at radius 1 is 1.08 bits per heavy atom. The molecule has 1 aliphatic rings. The number of nitrogens with zero attached hydrogens (tertiary/aromatic N) is 1. The molecule has 3 nitrogen and oxygen atoms in total. The molecule has 0 radical (unpaired) electrons. The van der Waals surface area contributed by atoms with Gasteiger partial charge in [0.05, 0.1) is 0 Å². The van der Waals surface area contributed by atoms with Crippen molar-refractivity contribution in [2.45, 2.75) is 39.2 Å². The lowest BCUT2D eigenvalue weighted by atomic mass is 9.95. The number of hydrogen-bond donors (Lipinski definition) is 1. The van der Waals surface area contributed by atoms with Gasteiger partial charge in [0, 0.05) is 23.2 Å². The molecular formula is C22H27ClN2O. The number of piperidine rings is 1. The van der Waals surface area contributed by atoms with E-state index >= 15 is 0 Å². The summed E-state index contributed by atoms with van der Waals surface area (Å²) in [5.74, 6) is 0.749. The number of amides is 1. The Morgan fingerprint density at radius 3 is 2.27 bits per heavy atom. The molecule has 3 rings (SSSR count). The third kappa shape index (κ3) is 5.09. The van der Waals surface area contributed by atoms with Crippen LogP contribution in [-0.2, 0) is 11.3 Å². The van der Waals surface area contributed by atoms with Gasteiger partial charge >= 0.3 is 0 Å². The monoisotopic (exact) mass is 370 g/mol. The van der Waals surface area contributed by atoms with E-state index in [4.69, 9.17) is 11.6 Å². The summed E-state index contributed by atoms with van der Waals surface area (Å²) in [6, 6.07) is 16.2. The van der Waals surface area contributed by atoms with Crippen molar-refractivity contribution in [1.29, 1.82) is 0 Å². The first-order chi connectivity index (χ1) is 12.5. The van der Waals surface area contributed by atoms with Gasteiger partial charge in [-0.15, -0.1) is 0 Å². The van der Waals surface area contributed by atoms with E-state index in [0.717, 1.165) is 43.2 Å². The summed E-state index contributed by atoms with van der Waals surface area (Å²) >= 11 is 5.94. The highest BCUT2D eigenvalue weighted by molar-refractivity contribution is 6.30. The van der Waals surface area contributed by atoms with Crippen molar-refractivity contribution in [3.63, 3.8) is 0 Å². The van der Waals surface area contributed by atoms with E-state index < -0.39 is 0 Å². The molecule has 4 heteroatoms. The summed E-state index contributed by atoms with van der Waals surface area (Å²) in [5.41, 5.74) is 3.45. The molecule has 1 amide bonds. The predicted octanol–water partition coefficient (Wildman–Crippen LogP) is 5.31. The molecule has 0 unspecified atom stereocenters. The quantitative estimate of drug-likeness (QED) is 0.773. The van der Waals surface area contributed by atoms with Crippen LogP contribution in [0.1, 0.15) is 43.7 Å². The zero-order valence-electron chi connectivity index (χ0n) is 15.5. The zero-order valence-corrected chi connectivity index (χ0v) is 16.3. The van der Waals surface area contributed by atoms with Gasteiger partial charge in [-0.3, -0.25) is 9.69 Å². The molecule has 0 aliphatic carbocycles. The first-order valence-electron chi connectivity index (χ1n) is 9.39. The van der Waals surface area contributed by atoms with E-state index in [9.17, 15) is 4.79 Å². The van der Waals surface area contributed by atoms with Crippen LogP contribution in [0.15, 0.2) is 48.5 Å². The second-order valence-electron chi connectivity index (χ2n) is 7.44. The Kier molecular flexibility index (Phi) is 6.33. The van der Waals surface area contributed by atoms with Gasteiger partial charge in [-0.25, -0.2) is 0 Å². The number of hydrogen-bond acceptors (Lipinski definition) is 2. The summed E-state index contributed by atoms with van der Waals surface area (Å²) in [5, 5.41) is 3.85. The number of halogens is 1. The van der Waals surface area contributed by atoms with Crippen LogP contribution in [0.4, 0.5) is 5.69 Å². The number of benzene rings is 2. The van der Waals surface area contributed by atoms with E-state index in [-0.39, 0.29) is 11.8 Å². The Hall–Kier alpha value is -1.84. The van der Waals surface area contributed by atoms with E-state index in [0.29, 0.717) is 5.92 Å². The molecule has 0 aromatic heterocycles. The number of carbonyl (C=O) groups is 1. The van der Waals surface area contributed by atoms with Crippen molar-refractivity contribution in [2.75, 3.05) is 18.4 Å². The fourth-order valence-corrected chi connectivity index (χ4v) is 3.52. The van der Waals surface area contributed by atoms with Gasteiger partial charge in [-0.2, -0.15) is 0 Å². The van der Waals surface area contributed by atoms with Crippen molar-refractivity contribution in [2.24, 2.45) is 5.92 Å². The lowest BCUT2D eigenvalue weighted by Gasteiger charge is -2.31. The molecule has 2 aromatic rings. The molecule has 2 aromatic carbocycles. The molecule has 0 atom stereocenters. The third-order valence-electron chi connectivity index (χ3n) is 5.12. The number of nitrogens with one attached hydrogen (secondary N) is 1. The fraction of sp³-hybridized carbons (Fsp3) is 0.409. The molecule has 1 heterocycles. The minimum atomic E-state index is 0.0984. The molecule has 1 aliphatic heterocycles. The lowest BCUT2D eigenvalue weighted by molar-refractivity contribution is -0.121. The minimum Gasteiger partial charge on any atom is -0.326 e. The molecular weight excluding hydrogens is 344 g/mol. The normalized spacial score (nSPS) is 16.0. The largest absolute Gasteiger partial charge is 0.326 e. The number of carbonyl (C=O) groups excluding carboxylic acids is 1. The predicted molar refractivity (Wildman–Crippen MR) is 109 cm³/mol. The SMILES string of the molecule is CC(C)c1ccc(NC(=O)C2CCN(Cc3ccc(Cl)cc3)CC2)cc1. The fourth-order valence-electron chi connectivity index (χ4n) is 3.40. The van der Waals surface area contributed by atoms with Crippen LogP contribution in [0.3, 0.4) is 0 Å². The topological polar surface area (TPSA) is 32.3 Å². The van der Waals surface area contributed by atoms with E-state index in [1.807, 2.05) is 24.3 Å². The van der Waals surface area contributed by atoms with Crippen LogP contribution in [0.2, 0.25) is 5.02 Å². The second-order valence-corrected chi connectivity index (χ2v) is 7.88. The first-order valence-corrected chi connectivity index (χ1v) is 9.76. The van der Waals surface area contributed by atoms with Crippen molar-refractivity contribution in [3.05, 3.63) is 64.7 Å². The smallest absolute Gasteiger partial charge is 0.227 e. The summed E-state index contributed by atoms with van der Waals surface area (Å²) in [7, 11) is 0. The molecule has 0 saturated carbocycles. The number of rotatable bonds is 5. The average molecular weight is 371 g/mol. The molecule has 138 valence electrons. The van der Waals surface area contributed by atoms with Crippen molar-refractivity contribution in [3.8, 4) is 0 Å². The van der Waals surface area contributed by atoms with Crippen LogP contribution >= 0.6 is 11.6 Å². The van der Waals surface area contributed by atoms with Crippen molar-refractivity contribution >= 4 is 23.2 Å².